The van der Waals surface area contributed by atoms with Crippen LogP contribution in [0.4, 0.5) is 0 Å². The van der Waals surface area contributed by atoms with Crippen LogP contribution in [0.5, 0.6) is 0 Å². The predicted octanol–water partition coefficient (Wildman–Crippen LogP) is 11.5. The van der Waals surface area contributed by atoms with E-state index in [0.29, 0.717) is 5.84 Å². The first-order chi connectivity index (χ1) is 25.3. The van der Waals surface area contributed by atoms with Crippen molar-refractivity contribution in [2.75, 3.05) is 0 Å². The van der Waals surface area contributed by atoms with Crippen LogP contribution in [0, 0.1) is 0 Å². The highest BCUT2D eigenvalue weighted by atomic mass is 32.1. The third-order valence-electron chi connectivity index (χ3n) is 10.1. The molecule has 1 unspecified atom stereocenters. The zero-order valence-corrected chi connectivity index (χ0v) is 28.1. The van der Waals surface area contributed by atoms with Crippen LogP contribution in [-0.4, -0.2) is 16.2 Å². The van der Waals surface area contributed by atoms with E-state index in [9.17, 15) is 0 Å². The summed E-state index contributed by atoms with van der Waals surface area (Å²) in [5, 5.41) is 10.8. The van der Waals surface area contributed by atoms with Crippen LogP contribution in [0.2, 0.25) is 0 Å². The fourth-order valence-corrected chi connectivity index (χ4v) is 9.07. The smallest absolute Gasteiger partial charge is 0.159 e. The van der Waals surface area contributed by atoms with E-state index in [1.807, 2.05) is 53.8 Å². The zero-order valence-electron chi connectivity index (χ0n) is 27.2. The van der Waals surface area contributed by atoms with Gasteiger partial charge in [0, 0.05) is 52.8 Å². The second kappa shape index (κ2) is 11.0. The lowest BCUT2D eigenvalue weighted by Crippen LogP contribution is -2.33. The predicted molar refractivity (Wildman–Crippen MR) is 213 cm³/mol. The van der Waals surface area contributed by atoms with E-state index in [4.69, 9.17) is 14.4 Å². The van der Waals surface area contributed by atoms with Crippen LogP contribution in [0.3, 0.4) is 0 Å². The Morgan fingerprint density at radius 3 is 2.22 bits per heavy atom. The lowest BCUT2D eigenvalue weighted by molar-refractivity contribution is 0.665. The Bertz CT molecular complexity index is 3060. The number of fused-ring (bicyclic) bond motifs is 10. The molecule has 0 radical (unpaired) electrons. The molecule has 0 bridgehead atoms. The standard InChI is InChI=1S/C45H28N4OS/c1-3-13-27(14-4-1)43-46-44(28-15-5-2-6-16-28)48-45(47-43)33-20-12-23-37-39(33)32-19-11-22-36(41(32)50-37)49-34-21-9-7-18-31(34)40-35(49)26-25-30-29-17-8-10-24-38(29)51-42(30)40/h1-26,43H,(H,46,47,48). The SMILES string of the molecule is c1ccc(C2=NC(c3ccccc3)NC(c3cccc4oc5c(-n6c7ccccc7c7c8sc9ccccc9c8ccc76)cccc5c34)=N2)cc1. The van der Waals surface area contributed by atoms with E-state index < -0.39 is 0 Å². The zero-order chi connectivity index (χ0) is 33.5. The molecule has 7 aromatic carbocycles. The Morgan fingerprint density at radius 1 is 0.588 bits per heavy atom. The quantitative estimate of drug-likeness (QED) is 0.202. The maximum atomic E-state index is 6.86. The van der Waals surface area contributed by atoms with Crippen LogP contribution >= 0.6 is 11.3 Å². The molecule has 0 spiro atoms. The van der Waals surface area contributed by atoms with Crippen molar-refractivity contribution in [2.24, 2.45) is 9.98 Å². The molecule has 0 fully saturated rings. The van der Waals surface area contributed by atoms with Crippen molar-refractivity contribution >= 4 is 86.9 Å². The van der Waals surface area contributed by atoms with Gasteiger partial charge in [0.2, 0.25) is 0 Å². The Kier molecular flexibility index (Phi) is 6.12. The van der Waals surface area contributed by atoms with Gasteiger partial charge in [-0.25, -0.2) is 9.98 Å². The van der Waals surface area contributed by atoms with Gasteiger partial charge in [-0.3, -0.25) is 0 Å². The Hall–Kier alpha value is -6.50. The summed E-state index contributed by atoms with van der Waals surface area (Å²) in [5.41, 5.74) is 8.00. The van der Waals surface area contributed by atoms with E-state index in [2.05, 4.69) is 125 Å². The van der Waals surface area contributed by atoms with Crippen molar-refractivity contribution in [3.05, 3.63) is 174 Å². The Labute approximate surface area is 296 Å². The van der Waals surface area contributed by atoms with Crippen LogP contribution in [-0.2, 0) is 0 Å². The van der Waals surface area contributed by atoms with E-state index in [-0.39, 0.29) is 6.17 Å². The van der Waals surface area contributed by atoms with Crippen molar-refractivity contribution in [1.29, 1.82) is 0 Å². The molecule has 240 valence electrons. The van der Waals surface area contributed by atoms with Crippen molar-refractivity contribution in [3.63, 3.8) is 0 Å². The van der Waals surface area contributed by atoms with Crippen molar-refractivity contribution in [3.8, 4) is 5.69 Å². The van der Waals surface area contributed by atoms with Crippen LogP contribution in [0.25, 0.3) is 69.6 Å². The lowest BCUT2D eigenvalue weighted by atomic mass is 10.0. The maximum absolute atomic E-state index is 6.86. The second-order valence-corrected chi connectivity index (χ2v) is 14.0. The van der Waals surface area contributed by atoms with Crippen molar-refractivity contribution in [1.82, 2.24) is 9.88 Å². The van der Waals surface area contributed by atoms with Crippen molar-refractivity contribution < 1.29 is 4.42 Å². The maximum Gasteiger partial charge on any atom is 0.159 e. The van der Waals surface area contributed by atoms with Gasteiger partial charge in [0.05, 0.1) is 16.7 Å². The first kappa shape index (κ1) is 28.3. The number of thiophene rings is 1. The van der Waals surface area contributed by atoms with E-state index in [0.717, 1.165) is 61.2 Å². The highest BCUT2D eigenvalue weighted by molar-refractivity contribution is 7.26. The molecule has 6 heteroatoms. The fraction of sp³-hybridized carbons (Fsp3) is 0.0222. The molecule has 1 atom stereocenters. The minimum absolute atomic E-state index is 0.291. The van der Waals surface area contributed by atoms with Gasteiger partial charge in [0.1, 0.15) is 17.6 Å². The number of rotatable bonds is 4. The average molecular weight is 673 g/mol. The van der Waals surface area contributed by atoms with Gasteiger partial charge in [0.25, 0.3) is 0 Å². The number of hydrogen-bond acceptors (Lipinski definition) is 5. The van der Waals surface area contributed by atoms with Crippen LogP contribution in [0.15, 0.2) is 172 Å². The number of nitrogens with zero attached hydrogens (tertiary/aromatic N) is 3. The van der Waals surface area contributed by atoms with Gasteiger partial charge in [-0.1, -0.05) is 127 Å². The summed E-state index contributed by atoms with van der Waals surface area (Å²) in [6.45, 7) is 0. The molecule has 1 aliphatic rings. The molecule has 1 N–H and O–H groups in total. The molecule has 0 aliphatic carbocycles. The molecule has 0 saturated heterocycles. The van der Waals surface area contributed by atoms with Crippen LogP contribution in [0.1, 0.15) is 22.9 Å². The van der Waals surface area contributed by atoms with Gasteiger partial charge in [-0.05, 0) is 35.9 Å². The summed E-state index contributed by atoms with van der Waals surface area (Å²) in [4.78, 5) is 10.2. The minimum Gasteiger partial charge on any atom is -0.454 e. The summed E-state index contributed by atoms with van der Waals surface area (Å²) < 4.78 is 11.9. The summed E-state index contributed by atoms with van der Waals surface area (Å²) in [6.07, 6.45) is -0.291. The molecule has 4 heterocycles. The van der Waals surface area contributed by atoms with Gasteiger partial charge in [-0.2, -0.15) is 0 Å². The lowest BCUT2D eigenvalue weighted by Gasteiger charge is -2.24. The third kappa shape index (κ3) is 4.27. The number of nitrogens with one attached hydrogen (secondary N) is 1. The van der Waals surface area contributed by atoms with Crippen molar-refractivity contribution in [2.45, 2.75) is 6.17 Å². The first-order valence-electron chi connectivity index (χ1n) is 17.1. The third-order valence-corrected chi connectivity index (χ3v) is 11.3. The molecule has 5 nitrogen and oxygen atoms in total. The van der Waals surface area contributed by atoms with Gasteiger partial charge < -0.3 is 14.3 Å². The molecule has 11 rings (SSSR count). The molecule has 3 aromatic heterocycles. The second-order valence-electron chi connectivity index (χ2n) is 13.0. The molecular formula is C45H28N4OS. The molecule has 1 aliphatic heterocycles. The number of para-hydroxylation sites is 2. The number of amidine groups is 2. The summed E-state index contributed by atoms with van der Waals surface area (Å²) >= 11 is 1.87. The number of aromatic nitrogens is 1. The molecule has 0 amide bonds. The Morgan fingerprint density at radius 2 is 1.33 bits per heavy atom. The minimum atomic E-state index is -0.291. The summed E-state index contributed by atoms with van der Waals surface area (Å²) in [6, 6.07) is 55.2. The normalized spacial score (nSPS) is 14.9. The van der Waals surface area contributed by atoms with E-state index in [1.54, 1.807) is 0 Å². The molecule has 10 aromatic rings. The molecular weight excluding hydrogens is 645 g/mol. The summed E-state index contributed by atoms with van der Waals surface area (Å²) in [5.74, 6) is 1.46. The fourth-order valence-electron chi connectivity index (χ4n) is 7.81. The largest absolute Gasteiger partial charge is 0.454 e. The summed E-state index contributed by atoms with van der Waals surface area (Å²) in [7, 11) is 0. The van der Waals surface area contributed by atoms with Gasteiger partial charge in [0.15, 0.2) is 11.4 Å². The highest BCUT2D eigenvalue weighted by Crippen LogP contribution is 2.45. The number of benzene rings is 7. The van der Waals surface area contributed by atoms with Crippen LogP contribution < -0.4 is 5.32 Å². The Balaban J connectivity index is 1.15. The van der Waals surface area contributed by atoms with E-state index >= 15 is 0 Å². The monoisotopic (exact) mass is 672 g/mol. The van der Waals surface area contributed by atoms with Gasteiger partial charge in [-0.15, -0.1) is 11.3 Å². The number of furan rings is 1. The average Bonchev–Trinajstić information content (AvgIpc) is 3.88. The molecule has 51 heavy (non-hydrogen) atoms. The number of hydrogen-bond donors (Lipinski definition) is 1. The first-order valence-corrected chi connectivity index (χ1v) is 17.9. The molecule has 0 saturated carbocycles. The van der Waals surface area contributed by atoms with E-state index in [1.165, 1.54) is 30.9 Å². The van der Waals surface area contributed by atoms with Gasteiger partial charge >= 0.3 is 0 Å². The topological polar surface area (TPSA) is 54.8 Å². The highest BCUT2D eigenvalue weighted by Gasteiger charge is 2.25. The number of aliphatic imine (C=N–C) groups is 2.